The molecule has 0 aromatic rings. The van der Waals surface area contributed by atoms with E-state index in [9.17, 15) is 0 Å². The van der Waals surface area contributed by atoms with Crippen molar-refractivity contribution < 1.29 is 22.3 Å². The third kappa shape index (κ3) is 36.6. The number of hydrogen-bond acceptors (Lipinski definition) is 0. The van der Waals surface area contributed by atoms with E-state index >= 15 is 0 Å². The van der Waals surface area contributed by atoms with Crippen LogP contribution < -0.4 is 22.3 Å². The second-order valence-corrected chi connectivity index (χ2v) is 11.7. The first-order valence-corrected chi connectivity index (χ1v) is 17.2. The number of halogens is 1. The predicted molar refractivity (Wildman–Crippen MR) is 162 cm³/mol. The van der Waals surface area contributed by atoms with Gasteiger partial charge in [0, 0.05) is 0 Å². The first-order valence-electron chi connectivity index (χ1n) is 17.2. The maximum Gasteiger partial charge on any atom is 0.0755 e. The molecule has 0 fully saturated rings. The van der Waals surface area contributed by atoms with E-state index < -0.39 is 0 Å². The molecule has 0 aromatic heterocycles. The molecule has 36 heavy (non-hydrogen) atoms. The number of nitrogens with two attached hydrogens (primary N) is 1. The maximum atomic E-state index is 2.43. The van der Waals surface area contributed by atoms with E-state index in [0.717, 1.165) is 0 Å². The smallest absolute Gasteiger partial charge is 0.0755 e. The van der Waals surface area contributed by atoms with Crippen LogP contribution in [0.25, 0.3) is 0 Å². The molecule has 0 saturated carbocycles. The van der Waals surface area contributed by atoms with Gasteiger partial charge in [-0.05, 0) is 19.8 Å². The fourth-order valence-electron chi connectivity index (χ4n) is 5.52. The standard InChI is InChI=1S/C34H71N.BrH/c1-3-5-6-7-8-9-10-11-12-13-14-15-16-17-18-19-20-21-22-23-24-25-26-27-28-29-30-31-32-33-34-35-4-2;/h35H,3-34H2,1-2H3;1H. The van der Waals surface area contributed by atoms with Crippen molar-refractivity contribution in [3.8, 4) is 0 Å². The van der Waals surface area contributed by atoms with Crippen molar-refractivity contribution >= 4 is 0 Å². The highest BCUT2D eigenvalue weighted by atomic mass is 79.9. The molecule has 0 aliphatic rings. The SMILES string of the molecule is CCCCCCCCCCCCCCCCCCCCCCCCCCCCCCCC[NH2+]CC.[Br-]. The lowest BCUT2D eigenvalue weighted by molar-refractivity contribution is -0.652. The van der Waals surface area contributed by atoms with Gasteiger partial charge in [0.2, 0.25) is 0 Å². The Bertz CT molecular complexity index is 314. The van der Waals surface area contributed by atoms with Crippen molar-refractivity contribution in [2.45, 2.75) is 206 Å². The summed E-state index contributed by atoms with van der Waals surface area (Å²) in [7, 11) is 0. The monoisotopic (exact) mass is 573 g/mol. The lowest BCUT2D eigenvalue weighted by Crippen LogP contribution is -3.00. The first-order chi connectivity index (χ1) is 17.4. The Balaban J connectivity index is 0. The molecule has 0 rings (SSSR count). The van der Waals surface area contributed by atoms with Crippen LogP contribution in [0.5, 0.6) is 0 Å². The molecule has 2 heteroatoms. The van der Waals surface area contributed by atoms with Gasteiger partial charge in [-0.2, -0.15) is 0 Å². The molecule has 1 nitrogen and oxygen atoms in total. The quantitative estimate of drug-likeness (QED) is 0.0779. The van der Waals surface area contributed by atoms with Crippen LogP contribution in [0.1, 0.15) is 206 Å². The van der Waals surface area contributed by atoms with Crippen LogP contribution in [0.3, 0.4) is 0 Å². The van der Waals surface area contributed by atoms with Gasteiger partial charge >= 0.3 is 0 Å². The fraction of sp³-hybridized carbons (Fsp3) is 1.00. The number of rotatable bonds is 32. The second kappa shape index (κ2) is 37.6. The maximum absolute atomic E-state index is 2.43. The van der Waals surface area contributed by atoms with Gasteiger partial charge in [-0.15, -0.1) is 0 Å². The Kier molecular flexibility index (Phi) is 40.3. The van der Waals surface area contributed by atoms with E-state index in [0.29, 0.717) is 0 Å². The van der Waals surface area contributed by atoms with E-state index in [4.69, 9.17) is 0 Å². The molecule has 0 saturated heterocycles. The van der Waals surface area contributed by atoms with Crippen molar-refractivity contribution in [1.29, 1.82) is 0 Å². The zero-order valence-corrected chi connectivity index (χ0v) is 27.2. The minimum absolute atomic E-state index is 0. The fourth-order valence-corrected chi connectivity index (χ4v) is 5.52. The summed E-state index contributed by atoms with van der Waals surface area (Å²) < 4.78 is 0. The number of quaternary nitrogens is 1. The topological polar surface area (TPSA) is 16.6 Å². The molecule has 220 valence electrons. The highest BCUT2D eigenvalue weighted by molar-refractivity contribution is 4.52. The highest BCUT2D eigenvalue weighted by Gasteiger charge is 1.97. The van der Waals surface area contributed by atoms with Crippen molar-refractivity contribution in [2.75, 3.05) is 13.1 Å². The van der Waals surface area contributed by atoms with Crippen molar-refractivity contribution in [3.63, 3.8) is 0 Å². The van der Waals surface area contributed by atoms with Gasteiger partial charge in [-0.1, -0.05) is 187 Å². The normalized spacial score (nSPS) is 11.2. The van der Waals surface area contributed by atoms with Crippen LogP contribution in [0.15, 0.2) is 0 Å². The van der Waals surface area contributed by atoms with Gasteiger partial charge in [0.15, 0.2) is 0 Å². The summed E-state index contributed by atoms with van der Waals surface area (Å²) in [6.07, 6.45) is 44.4. The zero-order chi connectivity index (χ0) is 25.3. The van der Waals surface area contributed by atoms with Crippen LogP contribution in [0.4, 0.5) is 0 Å². The largest absolute Gasteiger partial charge is 1.00 e. The summed E-state index contributed by atoms with van der Waals surface area (Å²) in [4.78, 5) is 0. The summed E-state index contributed by atoms with van der Waals surface area (Å²) in [6, 6.07) is 0. The van der Waals surface area contributed by atoms with Crippen LogP contribution in [-0.2, 0) is 0 Å². The van der Waals surface area contributed by atoms with Crippen molar-refractivity contribution in [3.05, 3.63) is 0 Å². The summed E-state index contributed by atoms with van der Waals surface area (Å²) in [5, 5.41) is 2.43. The Morgan fingerprint density at radius 2 is 0.472 bits per heavy atom. The molecule has 0 heterocycles. The van der Waals surface area contributed by atoms with E-state index in [1.807, 2.05) is 0 Å². The Labute approximate surface area is 241 Å². The minimum atomic E-state index is 0. The molecule has 2 N–H and O–H groups in total. The van der Waals surface area contributed by atoms with Crippen molar-refractivity contribution in [1.82, 2.24) is 0 Å². The molecule has 0 atom stereocenters. The van der Waals surface area contributed by atoms with Gasteiger partial charge in [0.25, 0.3) is 0 Å². The molecule has 0 aromatic carbocycles. The third-order valence-electron chi connectivity index (χ3n) is 8.05. The molecule has 0 aliphatic heterocycles. The molecule has 0 spiro atoms. The summed E-state index contributed by atoms with van der Waals surface area (Å²) >= 11 is 0. The number of hydrogen-bond donors (Lipinski definition) is 1. The zero-order valence-electron chi connectivity index (χ0n) is 25.6. The summed E-state index contributed by atoms with van der Waals surface area (Å²) in [5.74, 6) is 0. The van der Waals surface area contributed by atoms with Gasteiger partial charge in [-0.25, -0.2) is 0 Å². The molecule has 0 amide bonds. The Morgan fingerprint density at radius 1 is 0.278 bits per heavy atom. The van der Waals surface area contributed by atoms with Crippen LogP contribution in [-0.4, -0.2) is 13.1 Å². The molecule has 0 bridgehead atoms. The molecule has 0 unspecified atom stereocenters. The van der Waals surface area contributed by atoms with E-state index in [2.05, 4.69) is 19.2 Å². The lowest BCUT2D eigenvalue weighted by Gasteiger charge is -2.04. The van der Waals surface area contributed by atoms with Gasteiger partial charge in [0.05, 0.1) is 13.1 Å². The van der Waals surface area contributed by atoms with Crippen LogP contribution in [0, 0.1) is 0 Å². The van der Waals surface area contributed by atoms with Gasteiger partial charge in [-0.3, -0.25) is 0 Å². The van der Waals surface area contributed by atoms with Crippen LogP contribution >= 0.6 is 0 Å². The van der Waals surface area contributed by atoms with Crippen molar-refractivity contribution in [2.24, 2.45) is 0 Å². The lowest BCUT2D eigenvalue weighted by atomic mass is 10.0. The van der Waals surface area contributed by atoms with E-state index in [-0.39, 0.29) is 17.0 Å². The molecular weight excluding hydrogens is 502 g/mol. The van der Waals surface area contributed by atoms with E-state index in [1.54, 1.807) is 0 Å². The average Bonchev–Trinajstić information content (AvgIpc) is 2.87. The molecule has 0 radical (unpaired) electrons. The molecule has 0 aliphatic carbocycles. The first kappa shape index (κ1) is 38.6. The highest BCUT2D eigenvalue weighted by Crippen LogP contribution is 2.16. The van der Waals surface area contributed by atoms with E-state index in [1.165, 1.54) is 206 Å². The Morgan fingerprint density at radius 3 is 0.667 bits per heavy atom. The van der Waals surface area contributed by atoms with Crippen LogP contribution in [0.2, 0.25) is 0 Å². The second-order valence-electron chi connectivity index (χ2n) is 11.7. The predicted octanol–water partition coefficient (Wildman–Crippen LogP) is 8.30. The minimum Gasteiger partial charge on any atom is -1.00 e. The Hall–Kier alpha value is 0.440. The van der Waals surface area contributed by atoms with Gasteiger partial charge in [0.1, 0.15) is 0 Å². The average molecular weight is 575 g/mol. The third-order valence-corrected chi connectivity index (χ3v) is 8.05. The summed E-state index contributed by atoms with van der Waals surface area (Å²) in [6.45, 7) is 7.15. The summed E-state index contributed by atoms with van der Waals surface area (Å²) in [5.41, 5.74) is 0. The van der Waals surface area contributed by atoms with Gasteiger partial charge < -0.3 is 22.3 Å². The number of unbranched alkanes of at least 4 members (excludes halogenated alkanes) is 29. The molecular formula is C34H72BrN.